The van der Waals surface area contributed by atoms with Crippen molar-refractivity contribution in [2.75, 3.05) is 23.3 Å². The van der Waals surface area contributed by atoms with E-state index in [1.807, 2.05) is 30.3 Å². The zero-order valence-corrected chi connectivity index (χ0v) is 15.0. The molecule has 28 heavy (non-hydrogen) atoms. The Labute approximate surface area is 160 Å². The fourth-order valence-corrected chi connectivity index (χ4v) is 3.35. The lowest BCUT2D eigenvalue weighted by Crippen LogP contribution is -2.20. The summed E-state index contributed by atoms with van der Waals surface area (Å²) in [6.07, 6.45) is -2.33. The number of hydrogen-bond acceptors (Lipinski definition) is 5. The lowest BCUT2D eigenvalue weighted by atomic mass is 10.1. The third-order valence-corrected chi connectivity index (χ3v) is 4.74. The lowest BCUT2D eigenvalue weighted by molar-refractivity contribution is -0.137. The summed E-state index contributed by atoms with van der Waals surface area (Å²) in [5.74, 6) is 0.510. The van der Waals surface area contributed by atoms with Gasteiger partial charge in [0.1, 0.15) is 0 Å². The van der Waals surface area contributed by atoms with Gasteiger partial charge < -0.3 is 10.2 Å². The highest BCUT2D eigenvalue weighted by molar-refractivity contribution is 5.71. The second-order valence-corrected chi connectivity index (χ2v) is 6.62. The van der Waals surface area contributed by atoms with Crippen molar-refractivity contribution >= 4 is 11.4 Å². The van der Waals surface area contributed by atoms with Gasteiger partial charge >= 0.3 is 6.18 Å². The van der Waals surface area contributed by atoms with Crippen LogP contribution in [0.5, 0.6) is 0 Å². The van der Waals surface area contributed by atoms with E-state index >= 15 is 0 Å². The number of nitrogens with zero attached hydrogens (tertiary/aromatic N) is 5. The van der Waals surface area contributed by atoms with E-state index in [4.69, 9.17) is 0 Å². The zero-order chi connectivity index (χ0) is 19.6. The summed E-state index contributed by atoms with van der Waals surface area (Å²) in [5, 5.41) is 14.8. The largest absolute Gasteiger partial charge is 0.416 e. The second kappa shape index (κ2) is 7.49. The molecule has 1 saturated heterocycles. The molecule has 0 bridgehead atoms. The molecule has 0 spiro atoms. The van der Waals surface area contributed by atoms with Crippen LogP contribution in [-0.2, 0) is 12.7 Å². The molecule has 0 atom stereocenters. The van der Waals surface area contributed by atoms with Gasteiger partial charge in [0, 0.05) is 13.1 Å². The van der Waals surface area contributed by atoms with Crippen molar-refractivity contribution in [2.24, 2.45) is 0 Å². The number of nitrogens with one attached hydrogen (secondary N) is 1. The summed E-state index contributed by atoms with van der Waals surface area (Å²) < 4.78 is 41.2. The van der Waals surface area contributed by atoms with Crippen molar-refractivity contribution in [3.8, 4) is 5.69 Å². The summed E-state index contributed by atoms with van der Waals surface area (Å²) in [4.78, 5) is 2.10. The first-order valence-corrected chi connectivity index (χ1v) is 9.05. The number of benzene rings is 2. The molecule has 0 saturated carbocycles. The number of aromatic nitrogens is 4. The molecule has 6 nitrogen and oxygen atoms in total. The second-order valence-electron chi connectivity index (χ2n) is 6.62. The average molecular weight is 388 g/mol. The maximum absolute atomic E-state index is 13.2. The molecular weight excluding hydrogens is 369 g/mol. The highest BCUT2D eigenvalue weighted by Crippen LogP contribution is 2.36. The van der Waals surface area contributed by atoms with Gasteiger partial charge in [-0.25, -0.2) is 0 Å². The molecule has 146 valence electrons. The highest BCUT2D eigenvalue weighted by atomic mass is 19.4. The number of halogens is 3. The van der Waals surface area contributed by atoms with Gasteiger partial charge in [-0.3, -0.25) is 0 Å². The molecule has 1 fully saturated rings. The topological polar surface area (TPSA) is 58.9 Å². The van der Waals surface area contributed by atoms with Crippen molar-refractivity contribution in [1.82, 2.24) is 20.2 Å². The number of alkyl halides is 3. The Morgan fingerprint density at radius 3 is 2.46 bits per heavy atom. The summed E-state index contributed by atoms with van der Waals surface area (Å²) in [7, 11) is 0. The molecule has 1 aliphatic rings. The number of tetrazole rings is 1. The van der Waals surface area contributed by atoms with Crippen molar-refractivity contribution < 1.29 is 13.2 Å². The van der Waals surface area contributed by atoms with Crippen molar-refractivity contribution in [3.05, 3.63) is 59.9 Å². The summed E-state index contributed by atoms with van der Waals surface area (Å²) >= 11 is 0. The van der Waals surface area contributed by atoms with E-state index in [0.29, 0.717) is 11.5 Å². The van der Waals surface area contributed by atoms with E-state index in [9.17, 15) is 13.2 Å². The minimum atomic E-state index is -4.40. The van der Waals surface area contributed by atoms with Crippen LogP contribution in [0.2, 0.25) is 0 Å². The number of hydrogen-bond donors (Lipinski definition) is 1. The van der Waals surface area contributed by atoms with Crippen LogP contribution >= 0.6 is 0 Å². The Balaban J connectivity index is 1.61. The first kappa shape index (κ1) is 18.3. The molecule has 4 rings (SSSR count). The highest BCUT2D eigenvalue weighted by Gasteiger charge is 2.31. The zero-order valence-electron chi connectivity index (χ0n) is 15.0. The fourth-order valence-electron chi connectivity index (χ4n) is 3.35. The standard InChI is InChI=1S/C19H19F3N6/c20-19(21,22)14-8-9-17(27-10-4-5-11-27)16(12-14)23-13-18-24-25-26-28(18)15-6-2-1-3-7-15/h1-3,6-9,12,23H,4-5,10-11,13H2. The molecule has 1 aromatic heterocycles. The molecule has 0 amide bonds. The molecule has 0 aliphatic carbocycles. The van der Waals surface area contributed by atoms with E-state index in [-0.39, 0.29) is 6.54 Å². The van der Waals surface area contributed by atoms with Gasteiger partial charge in [-0.05, 0) is 53.6 Å². The van der Waals surface area contributed by atoms with Crippen LogP contribution in [-0.4, -0.2) is 33.3 Å². The molecule has 0 unspecified atom stereocenters. The maximum Gasteiger partial charge on any atom is 0.416 e. The predicted molar refractivity (Wildman–Crippen MR) is 99.4 cm³/mol. The quantitative estimate of drug-likeness (QED) is 0.719. The van der Waals surface area contributed by atoms with Gasteiger partial charge in [0.15, 0.2) is 5.82 Å². The van der Waals surface area contributed by atoms with E-state index in [2.05, 4.69) is 25.7 Å². The van der Waals surface area contributed by atoms with Gasteiger partial charge in [0.05, 0.1) is 29.2 Å². The monoisotopic (exact) mass is 388 g/mol. The van der Waals surface area contributed by atoms with Crippen LogP contribution in [0, 0.1) is 0 Å². The number of para-hydroxylation sites is 1. The molecule has 2 aromatic carbocycles. The lowest BCUT2D eigenvalue weighted by Gasteiger charge is -2.23. The Kier molecular flexibility index (Phi) is 4.89. The maximum atomic E-state index is 13.2. The van der Waals surface area contributed by atoms with Crippen LogP contribution < -0.4 is 10.2 Å². The van der Waals surface area contributed by atoms with Gasteiger partial charge in [-0.15, -0.1) is 5.10 Å². The molecular formula is C19H19F3N6. The predicted octanol–water partition coefficient (Wildman–Crippen LogP) is 3.89. The van der Waals surface area contributed by atoms with Crippen LogP contribution in [0.15, 0.2) is 48.5 Å². The molecule has 2 heterocycles. The van der Waals surface area contributed by atoms with Crippen molar-refractivity contribution in [2.45, 2.75) is 25.6 Å². The Hall–Kier alpha value is -3.10. The molecule has 9 heteroatoms. The van der Waals surface area contributed by atoms with E-state index in [1.54, 1.807) is 4.68 Å². The van der Waals surface area contributed by atoms with Gasteiger partial charge in [0.25, 0.3) is 0 Å². The minimum Gasteiger partial charge on any atom is -0.376 e. The normalized spacial score (nSPS) is 14.5. The smallest absolute Gasteiger partial charge is 0.376 e. The number of rotatable bonds is 5. The van der Waals surface area contributed by atoms with Crippen LogP contribution in [0.3, 0.4) is 0 Å². The summed E-state index contributed by atoms with van der Waals surface area (Å²) in [6.45, 7) is 1.87. The summed E-state index contributed by atoms with van der Waals surface area (Å²) in [6, 6.07) is 13.2. The van der Waals surface area contributed by atoms with Crippen molar-refractivity contribution in [3.63, 3.8) is 0 Å². The van der Waals surface area contributed by atoms with Crippen LogP contribution in [0.4, 0.5) is 24.5 Å². The third kappa shape index (κ3) is 3.78. The molecule has 3 aromatic rings. The Morgan fingerprint density at radius 1 is 1.00 bits per heavy atom. The van der Waals surface area contributed by atoms with E-state index < -0.39 is 11.7 Å². The number of anilines is 2. The first-order chi connectivity index (χ1) is 13.5. The Morgan fingerprint density at radius 2 is 1.75 bits per heavy atom. The first-order valence-electron chi connectivity index (χ1n) is 9.05. The van der Waals surface area contributed by atoms with Crippen LogP contribution in [0.1, 0.15) is 24.2 Å². The minimum absolute atomic E-state index is 0.198. The van der Waals surface area contributed by atoms with Crippen molar-refractivity contribution in [1.29, 1.82) is 0 Å². The van der Waals surface area contributed by atoms with E-state index in [1.165, 1.54) is 6.07 Å². The average Bonchev–Trinajstić information content (AvgIpc) is 3.38. The molecule has 0 radical (unpaired) electrons. The molecule has 1 N–H and O–H groups in total. The van der Waals surface area contributed by atoms with E-state index in [0.717, 1.165) is 49.4 Å². The van der Waals surface area contributed by atoms with Gasteiger partial charge in [-0.1, -0.05) is 18.2 Å². The van der Waals surface area contributed by atoms with Gasteiger partial charge in [-0.2, -0.15) is 17.9 Å². The van der Waals surface area contributed by atoms with Crippen LogP contribution in [0.25, 0.3) is 5.69 Å². The molecule has 1 aliphatic heterocycles. The Bertz CT molecular complexity index is 932. The summed E-state index contributed by atoms with van der Waals surface area (Å²) in [5.41, 5.74) is 1.30. The third-order valence-electron chi connectivity index (χ3n) is 4.74. The fraction of sp³-hybridized carbons (Fsp3) is 0.316. The van der Waals surface area contributed by atoms with Gasteiger partial charge in [0.2, 0.25) is 0 Å². The SMILES string of the molecule is FC(F)(F)c1ccc(N2CCCC2)c(NCc2nnnn2-c2ccccc2)c1.